The van der Waals surface area contributed by atoms with Gasteiger partial charge in [-0.2, -0.15) is 13.2 Å². The Morgan fingerprint density at radius 1 is 1.33 bits per heavy atom. The Morgan fingerprint density at radius 2 is 1.87 bits per heavy atom. The SMILES string of the molecule is C=CC(N)=Cc1ncc(C(F)(F)F)cn1. The van der Waals surface area contributed by atoms with Crippen LogP contribution in [0.2, 0.25) is 0 Å². The van der Waals surface area contributed by atoms with Gasteiger partial charge in [0.25, 0.3) is 0 Å². The highest BCUT2D eigenvalue weighted by Gasteiger charge is 2.31. The van der Waals surface area contributed by atoms with Crippen molar-refractivity contribution in [2.45, 2.75) is 6.18 Å². The van der Waals surface area contributed by atoms with E-state index in [1.807, 2.05) is 0 Å². The van der Waals surface area contributed by atoms with Gasteiger partial charge in [0.05, 0.1) is 5.56 Å². The lowest BCUT2D eigenvalue weighted by Crippen LogP contribution is -2.06. The van der Waals surface area contributed by atoms with Gasteiger partial charge in [0, 0.05) is 24.2 Å². The number of nitrogens with two attached hydrogens (primary N) is 1. The van der Waals surface area contributed by atoms with Crippen LogP contribution in [-0.4, -0.2) is 9.97 Å². The second-order valence-corrected chi connectivity index (χ2v) is 2.68. The molecule has 2 N–H and O–H groups in total. The lowest BCUT2D eigenvalue weighted by atomic mass is 10.3. The number of aromatic nitrogens is 2. The normalized spacial score (nSPS) is 12.6. The molecule has 0 fully saturated rings. The molecule has 1 heterocycles. The Hall–Kier alpha value is -1.85. The van der Waals surface area contributed by atoms with Gasteiger partial charge in [-0.25, -0.2) is 9.97 Å². The zero-order chi connectivity index (χ0) is 11.5. The molecule has 0 bridgehead atoms. The zero-order valence-corrected chi connectivity index (χ0v) is 7.62. The zero-order valence-electron chi connectivity index (χ0n) is 7.62. The molecule has 1 aromatic rings. The molecule has 0 radical (unpaired) electrons. The van der Waals surface area contributed by atoms with Crippen LogP contribution in [0.4, 0.5) is 13.2 Å². The summed E-state index contributed by atoms with van der Waals surface area (Å²) in [6, 6.07) is 0. The summed E-state index contributed by atoms with van der Waals surface area (Å²) in [7, 11) is 0. The summed E-state index contributed by atoms with van der Waals surface area (Å²) in [5.41, 5.74) is 4.76. The third-order valence-corrected chi connectivity index (χ3v) is 1.53. The van der Waals surface area contributed by atoms with E-state index in [0.29, 0.717) is 12.4 Å². The van der Waals surface area contributed by atoms with Gasteiger partial charge in [0.15, 0.2) is 5.82 Å². The second-order valence-electron chi connectivity index (χ2n) is 2.68. The van der Waals surface area contributed by atoms with Crippen LogP contribution < -0.4 is 5.73 Å². The monoisotopic (exact) mass is 215 g/mol. The van der Waals surface area contributed by atoms with Crippen LogP contribution in [0.15, 0.2) is 30.7 Å². The van der Waals surface area contributed by atoms with Crippen LogP contribution in [0.3, 0.4) is 0 Å². The van der Waals surface area contributed by atoms with E-state index in [-0.39, 0.29) is 11.5 Å². The Balaban J connectivity index is 2.96. The minimum absolute atomic E-state index is 0.111. The maximum atomic E-state index is 12.1. The predicted octanol–water partition coefficient (Wildman–Crippen LogP) is 1.98. The molecule has 0 aliphatic rings. The Morgan fingerprint density at radius 3 is 2.27 bits per heavy atom. The molecule has 0 unspecified atom stereocenters. The van der Waals surface area contributed by atoms with E-state index in [1.165, 1.54) is 12.2 Å². The molecular weight excluding hydrogens is 207 g/mol. The molecule has 0 atom stereocenters. The number of hydrogen-bond donors (Lipinski definition) is 1. The van der Waals surface area contributed by atoms with Crippen molar-refractivity contribution < 1.29 is 13.2 Å². The van der Waals surface area contributed by atoms with Crippen molar-refractivity contribution in [3.8, 4) is 0 Å². The van der Waals surface area contributed by atoms with E-state index in [2.05, 4.69) is 16.5 Å². The van der Waals surface area contributed by atoms with Crippen LogP contribution >= 0.6 is 0 Å². The summed E-state index contributed by atoms with van der Waals surface area (Å²) in [6.45, 7) is 3.38. The molecule has 0 aliphatic heterocycles. The summed E-state index contributed by atoms with van der Waals surface area (Å²) in [5, 5.41) is 0. The summed E-state index contributed by atoms with van der Waals surface area (Å²) in [4.78, 5) is 7.00. The number of halogens is 3. The van der Waals surface area contributed by atoms with Crippen molar-refractivity contribution in [3.63, 3.8) is 0 Å². The Bertz CT molecular complexity index is 379. The quantitative estimate of drug-likeness (QED) is 0.767. The molecule has 6 heteroatoms. The molecule has 0 saturated heterocycles. The first kappa shape index (κ1) is 11.2. The van der Waals surface area contributed by atoms with Gasteiger partial charge < -0.3 is 5.73 Å². The van der Waals surface area contributed by atoms with E-state index in [9.17, 15) is 13.2 Å². The fourth-order valence-corrected chi connectivity index (χ4v) is 0.767. The minimum Gasteiger partial charge on any atom is -0.399 e. The molecule has 80 valence electrons. The topological polar surface area (TPSA) is 51.8 Å². The molecule has 0 spiro atoms. The first-order valence-electron chi connectivity index (χ1n) is 3.92. The van der Waals surface area contributed by atoms with E-state index in [0.717, 1.165) is 0 Å². The van der Waals surface area contributed by atoms with Crippen LogP contribution in [-0.2, 0) is 6.18 Å². The number of rotatable bonds is 2. The van der Waals surface area contributed by atoms with Gasteiger partial charge >= 0.3 is 6.18 Å². The third-order valence-electron chi connectivity index (χ3n) is 1.53. The van der Waals surface area contributed by atoms with Crippen molar-refractivity contribution in [1.29, 1.82) is 0 Å². The summed E-state index contributed by atoms with van der Waals surface area (Å²) in [6.07, 6.45) is -0.342. The largest absolute Gasteiger partial charge is 0.419 e. The van der Waals surface area contributed by atoms with Crippen molar-refractivity contribution in [3.05, 3.63) is 42.1 Å². The van der Waals surface area contributed by atoms with E-state index >= 15 is 0 Å². The molecule has 1 aromatic heterocycles. The summed E-state index contributed by atoms with van der Waals surface area (Å²) in [5.74, 6) is 0.111. The lowest BCUT2D eigenvalue weighted by molar-refractivity contribution is -0.138. The number of alkyl halides is 3. The molecule has 0 saturated carbocycles. The van der Waals surface area contributed by atoms with Crippen molar-refractivity contribution in [2.24, 2.45) is 5.73 Å². The van der Waals surface area contributed by atoms with E-state index < -0.39 is 11.7 Å². The maximum Gasteiger partial charge on any atom is 0.419 e. The van der Waals surface area contributed by atoms with Crippen molar-refractivity contribution in [2.75, 3.05) is 0 Å². The first-order valence-corrected chi connectivity index (χ1v) is 3.92. The van der Waals surface area contributed by atoms with Gasteiger partial charge in [-0.15, -0.1) is 0 Å². The average molecular weight is 215 g/mol. The average Bonchev–Trinajstić information content (AvgIpc) is 2.17. The van der Waals surface area contributed by atoms with Crippen molar-refractivity contribution >= 4 is 6.08 Å². The predicted molar refractivity (Wildman–Crippen MR) is 49.4 cm³/mol. The number of allylic oxidation sites excluding steroid dienone is 1. The van der Waals surface area contributed by atoms with Crippen LogP contribution in [0.1, 0.15) is 11.4 Å². The molecule has 1 rings (SSSR count). The van der Waals surface area contributed by atoms with Gasteiger partial charge in [0.1, 0.15) is 0 Å². The highest BCUT2D eigenvalue weighted by atomic mass is 19.4. The molecular formula is C9H8F3N3. The number of nitrogens with zero attached hydrogens (tertiary/aromatic N) is 2. The van der Waals surface area contributed by atoms with Crippen LogP contribution in [0.5, 0.6) is 0 Å². The first-order chi connectivity index (χ1) is 6.93. The van der Waals surface area contributed by atoms with Crippen LogP contribution in [0.25, 0.3) is 6.08 Å². The molecule has 3 nitrogen and oxygen atoms in total. The van der Waals surface area contributed by atoms with Gasteiger partial charge in [-0.3, -0.25) is 0 Å². The summed E-state index contributed by atoms with van der Waals surface area (Å²) < 4.78 is 36.3. The molecule has 0 aliphatic carbocycles. The standard InChI is InChI=1S/C9H8F3N3/c1-2-7(13)3-8-14-4-6(5-15-8)9(10,11)12/h2-5H,1,13H2. The second kappa shape index (κ2) is 4.12. The fourth-order valence-electron chi connectivity index (χ4n) is 0.767. The van der Waals surface area contributed by atoms with Crippen molar-refractivity contribution in [1.82, 2.24) is 9.97 Å². The highest BCUT2D eigenvalue weighted by Crippen LogP contribution is 2.27. The van der Waals surface area contributed by atoms with Crippen LogP contribution in [0, 0.1) is 0 Å². The number of hydrogen-bond acceptors (Lipinski definition) is 3. The lowest BCUT2D eigenvalue weighted by Gasteiger charge is -2.04. The van der Waals surface area contributed by atoms with Gasteiger partial charge in [-0.1, -0.05) is 6.58 Å². The van der Waals surface area contributed by atoms with Gasteiger partial charge in [-0.05, 0) is 6.08 Å². The smallest absolute Gasteiger partial charge is 0.399 e. The third kappa shape index (κ3) is 3.08. The minimum atomic E-state index is -4.42. The van der Waals surface area contributed by atoms with E-state index in [4.69, 9.17) is 5.73 Å². The fraction of sp³-hybridized carbons (Fsp3) is 0.111. The molecule has 15 heavy (non-hydrogen) atoms. The summed E-state index contributed by atoms with van der Waals surface area (Å²) >= 11 is 0. The Labute approximate surface area is 84.2 Å². The molecule has 0 amide bonds. The molecule has 0 aromatic carbocycles. The maximum absolute atomic E-state index is 12.1. The van der Waals surface area contributed by atoms with E-state index in [1.54, 1.807) is 0 Å². The van der Waals surface area contributed by atoms with Gasteiger partial charge in [0.2, 0.25) is 0 Å². The Kier molecular flexibility index (Phi) is 3.08. The highest BCUT2D eigenvalue weighted by molar-refractivity contribution is 5.47.